The number of nitrogens with zero attached hydrogens (tertiary/aromatic N) is 1. The van der Waals surface area contributed by atoms with Crippen LogP contribution in [0.25, 0.3) is 0 Å². The van der Waals surface area contributed by atoms with E-state index < -0.39 is 0 Å². The van der Waals surface area contributed by atoms with Crippen molar-refractivity contribution < 1.29 is 4.74 Å². The van der Waals surface area contributed by atoms with Gasteiger partial charge >= 0.3 is 0 Å². The maximum Gasteiger partial charge on any atom is 0.191 e. The van der Waals surface area contributed by atoms with Crippen molar-refractivity contribution in [2.45, 2.75) is 46.6 Å². The molecule has 0 aliphatic rings. The van der Waals surface area contributed by atoms with Crippen LogP contribution >= 0.6 is 0 Å². The van der Waals surface area contributed by atoms with Crippen molar-refractivity contribution in [2.75, 3.05) is 33.3 Å². The topological polar surface area (TPSA) is 57.7 Å². The highest BCUT2D eigenvalue weighted by Gasteiger charge is 2.07. The molecule has 0 amide bonds. The second-order valence-corrected chi connectivity index (χ2v) is 6.92. The lowest BCUT2D eigenvalue weighted by Crippen LogP contribution is -2.40. The zero-order chi connectivity index (χ0) is 18.0. The molecule has 5 heteroatoms. The molecule has 0 unspecified atom stereocenters. The zero-order valence-corrected chi connectivity index (χ0v) is 16.1. The predicted molar refractivity (Wildman–Crippen MR) is 103 cm³/mol. The number of guanidine groups is 1. The average Bonchev–Trinajstić information content (AvgIpc) is 2.52. The lowest BCUT2D eigenvalue weighted by Gasteiger charge is -2.20. The second-order valence-electron chi connectivity index (χ2n) is 6.92. The predicted octanol–water partition coefficient (Wildman–Crippen LogP) is 2.49. The van der Waals surface area contributed by atoms with Crippen LogP contribution in [-0.2, 0) is 6.42 Å². The Hall–Kier alpha value is -1.75. The summed E-state index contributed by atoms with van der Waals surface area (Å²) in [7, 11) is 1.71. The number of nitrogens with one attached hydrogen (secondary N) is 3. The van der Waals surface area contributed by atoms with Crippen molar-refractivity contribution in [1.29, 1.82) is 0 Å². The summed E-state index contributed by atoms with van der Waals surface area (Å²) < 4.78 is 5.38. The minimum atomic E-state index is 0.131. The summed E-state index contributed by atoms with van der Waals surface area (Å²) in [4.78, 5) is 4.60. The maximum absolute atomic E-state index is 5.38. The quantitative estimate of drug-likeness (QED) is 0.388. The number of aryl methyl sites for hydroxylation is 1. The summed E-state index contributed by atoms with van der Waals surface area (Å²) in [5.74, 6) is 1.81. The van der Waals surface area contributed by atoms with E-state index in [2.05, 4.69) is 73.8 Å². The van der Waals surface area contributed by atoms with Gasteiger partial charge in [-0.05, 0) is 58.2 Å². The standard InChI is InChI=1S/C19H34N4O/c1-7-20-18(22-12-13-23-19(3,4)5)21-11-10-16-9-8-15(2)17(14-16)24-6/h8-9,14,23H,7,10-13H2,1-6H3,(H2,20,21,22). The number of rotatable bonds is 8. The Labute approximate surface area is 147 Å². The van der Waals surface area contributed by atoms with Gasteiger partial charge in [-0.1, -0.05) is 12.1 Å². The van der Waals surface area contributed by atoms with E-state index >= 15 is 0 Å². The molecule has 0 aliphatic heterocycles. The number of methoxy groups -OCH3 is 1. The van der Waals surface area contributed by atoms with Crippen LogP contribution in [0.1, 0.15) is 38.8 Å². The van der Waals surface area contributed by atoms with E-state index in [1.165, 1.54) is 5.56 Å². The minimum absolute atomic E-state index is 0.131. The van der Waals surface area contributed by atoms with Crippen LogP contribution in [-0.4, -0.2) is 44.8 Å². The Morgan fingerprint density at radius 1 is 1.17 bits per heavy atom. The first-order chi connectivity index (χ1) is 11.4. The first kappa shape index (κ1) is 20.3. The summed E-state index contributed by atoms with van der Waals surface area (Å²) in [5.41, 5.74) is 2.55. The van der Waals surface area contributed by atoms with E-state index in [1.807, 2.05) is 0 Å². The number of aliphatic imine (C=N–C) groups is 1. The zero-order valence-electron chi connectivity index (χ0n) is 16.1. The van der Waals surface area contributed by atoms with E-state index in [0.717, 1.165) is 49.9 Å². The van der Waals surface area contributed by atoms with Crippen molar-refractivity contribution in [3.63, 3.8) is 0 Å². The van der Waals surface area contributed by atoms with Crippen molar-refractivity contribution >= 4 is 5.96 Å². The summed E-state index contributed by atoms with van der Waals surface area (Å²) in [6, 6.07) is 6.36. The van der Waals surface area contributed by atoms with Crippen LogP contribution in [0.15, 0.2) is 23.2 Å². The lowest BCUT2D eigenvalue weighted by molar-refractivity contribution is 0.411. The van der Waals surface area contributed by atoms with Gasteiger partial charge in [-0.2, -0.15) is 0 Å². The highest BCUT2D eigenvalue weighted by atomic mass is 16.5. The fraction of sp³-hybridized carbons (Fsp3) is 0.632. The van der Waals surface area contributed by atoms with Gasteiger partial charge in [0.15, 0.2) is 5.96 Å². The Kier molecular flexibility index (Phi) is 8.61. The summed E-state index contributed by atoms with van der Waals surface area (Å²) in [6.07, 6.45) is 0.932. The van der Waals surface area contributed by atoms with E-state index in [9.17, 15) is 0 Å². The average molecular weight is 335 g/mol. The van der Waals surface area contributed by atoms with Crippen LogP contribution in [0.3, 0.4) is 0 Å². The third-order valence-electron chi connectivity index (χ3n) is 3.56. The molecule has 1 rings (SSSR count). The second kappa shape index (κ2) is 10.2. The van der Waals surface area contributed by atoms with Crippen molar-refractivity contribution in [2.24, 2.45) is 4.99 Å². The SMILES string of the molecule is CCNC(=NCCNC(C)(C)C)NCCc1ccc(C)c(OC)c1. The highest BCUT2D eigenvalue weighted by molar-refractivity contribution is 5.79. The van der Waals surface area contributed by atoms with E-state index in [4.69, 9.17) is 4.74 Å². The van der Waals surface area contributed by atoms with Crippen molar-refractivity contribution in [3.8, 4) is 5.75 Å². The first-order valence-corrected chi connectivity index (χ1v) is 8.76. The number of ether oxygens (including phenoxy) is 1. The highest BCUT2D eigenvalue weighted by Crippen LogP contribution is 2.18. The van der Waals surface area contributed by atoms with Crippen LogP contribution in [0.2, 0.25) is 0 Å². The van der Waals surface area contributed by atoms with Gasteiger partial charge < -0.3 is 20.7 Å². The molecule has 1 aromatic rings. The molecule has 0 fully saturated rings. The van der Waals surface area contributed by atoms with Gasteiger partial charge in [0.2, 0.25) is 0 Å². The van der Waals surface area contributed by atoms with E-state index in [1.54, 1.807) is 7.11 Å². The van der Waals surface area contributed by atoms with Gasteiger partial charge in [-0.3, -0.25) is 4.99 Å². The Balaban J connectivity index is 2.45. The molecule has 0 spiro atoms. The molecule has 0 saturated heterocycles. The first-order valence-electron chi connectivity index (χ1n) is 8.76. The van der Waals surface area contributed by atoms with Crippen LogP contribution in [0.5, 0.6) is 5.75 Å². The lowest BCUT2D eigenvalue weighted by atomic mass is 10.1. The number of hydrogen-bond acceptors (Lipinski definition) is 3. The van der Waals surface area contributed by atoms with Crippen LogP contribution in [0.4, 0.5) is 0 Å². The molecule has 0 saturated carbocycles. The third kappa shape index (κ3) is 8.20. The Morgan fingerprint density at radius 2 is 1.92 bits per heavy atom. The summed E-state index contributed by atoms with van der Waals surface area (Å²) in [5, 5.41) is 10.1. The Bertz CT molecular complexity index is 521. The third-order valence-corrected chi connectivity index (χ3v) is 3.56. The van der Waals surface area contributed by atoms with Crippen molar-refractivity contribution in [3.05, 3.63) is 29.3 Å². The van der Waals surface area contributed by atoms with E-state index in [0.29, 0.717) is 0 Å². The minimum Gasteiger partial charge on any atom is -0.496 e. The summed E-state index contributed by atoms with van der Waals surface area (Å²) in [6.45, 7) is 13.9. The fourth-order valence-corrected chi connectivity index (χ4v) is 2.29. The molecule has 0 heterocycles. The molecule has 0 atom stereocenters. The van der Waals surface area contributed by atoms with Gasteiger partial charge in [0.25, 0.3) is 0 Å². The smallest absolute Gasteiger partial charge is 0.191 e. The molecule has 0 bridgehead atoms. The molecule has 24 heavy (non-hydrogen) atoms. The van der Waals surface area contributed by atoms with Crippen LogP contribution in [0, 0.1) is 6.92 Å². The molecule has 0 aliphatic carbocycles. The number of benzene rings is 1. The molecule has 0 aromatic heterocycles. The van der Waals surface area contributed by atoms with E-state index in [-0.39, 0.29) is 5.54 Å². The largest absolute Gasteiger partial charge is 0.496 e. The van der Waals surface area contributed by atoms with Gasteiger partial charge in [-0.15, -0.1) is 0 Å². The molecule has 0 radical (unpaired) electrons. The maximum atomic E-state index is 5.38. The van der Waals surface area contributed by atoms with Gasteiger partial charge in [0.05, 0.1) is 13.7 Å². The molecule has 1 aromatic carbocycles. The summed E-state index contributed by atoms with van der Waals surface area (Å²) >= 11 is 0. The van der Waals surface area contributed by atoms with Gasteiger partial charge in [-0.25, -0.2) is 0 Å². The number of hydrogen-bond donors (Lipinski definition) is 3. The van der Waals surface area contributed by atoms with Gasteiger partial charge in [0, 0.05) is 25.2 Å². The molecule has 136 valence electrons. The van der Waals surface area contributed by atoms with Gasteiger partial charge in [0.1, 0.15) is 5.75 Å². The fourth-order valence-electron chi connectivity index (χ4n) is 2.29. The molecule has 3 N–H and O–H groups in total. The Morgan fingerprint density at radius 3 is 2.54 bits per heavy atom. The molecular formula is C19H34N4O. The molecular weight excluding hydrogens is 300 g/mol. The van der Waals surface area contributed by atoms with Crippen LogP contribution < -0.4 is 20.7 Å². The monoisotopic (exact) mass is 334 g/mol. The van der Waals surface area contributed by atoms with Crippen molar-refractivity contribution in [1.82, 2.24) is 16.0 Å². The molecule has 5 nitrogen and oxygen atoms in total. The normalized spacial score (nSPS) is 12.2.